The summed E-state index contributed by atoms with van der Waals surface area (Å²) in [7, 11) is 0. The molecule has 0 amide bonds. The highest BCUT2D eigenvalue weighted by molar-refractivity contribution is 5.89. The van der Waals surface area contributed by atoms with Gasteiger partial charge in [-0.25, -0.2) is 13.6 Å². The maximum Gasteiger partial charge on any atom is 0.343 e. The third-order valence-electron chi connectivity index (χ3n) is 6.99. The van der Waals surface area contributed by atoms with Crippen LogP contribution in [0, 0.1) is 5.92 Å². The second kappa shape index (κ2) is 7.42. The summed E-state index contributed by atoms with van der Waals surface area (Å²) in [5.41, 5.74) is 1.17. The van der Waals surface area contributed by atoms with Gasteiger partial charge in [-0.2, -0.15) is 0 Å². The zero-order valence-electron chi connectivity index (χ0n) is 18.4. The smallest absolute Gasteiger partial charge is 0.343 e. The van der Waals surface area contributed by atoms with Crippen molar-refractivity contribution >= 4 is 5.97 Å². The van der Waals surface area contributed by atoms with Gasteiger partial charge in [-0.05, 0) is 69.1 Å². The number of carbonyl (C=O) groups is 1. The number of aromatic nitrogens is 1. The number of pyridine rings is 1. The van der Waals surface area contributed by atoms with Crippen molar-refractivity contribution in [2.45, 2.75) is 63.8 Å². The number of hydrogen-bond donors (Lipinski definition) is 0. The Kier molecular flexibility index (Phi) is 4.91. The van der Waals surface area contributed by atoms with Crippen molar-refractivity contribution < 1.29 is 23.0 Å². The second-order valence-electron chi connectivity index (χ2n) is 9.43. The zero-order chi connectivity index (χ0) is 22.7. The van der Waals surface area contributed by atoms with Crippen LogP contribution in [0.25, 0.3) is 11.3 Å². The number of esters is 1. The van der Waals surface area contributed by atoms with E-state index in [0.29, 0.717) is 30.2 Å². The number of ether oxygens (including phenoxy) is 2. The lowest BCUT2D eigenvalue weighted by Crippen LogP contribution is -2.46. The predicted molar refractivity (Wildman–Crippen MR) is 115 cm³/mol. The first-order valence-corrected chi connectivity index (χ1v) is 11.3. The van der Waals surface area contributed by atoms with Crippen molar-refractivity contribution in [2.75, 3.05) is 13.2 Å². The fourth-order valence-electron chi connectivity index (χ4n) is 4.90. The van der Waals surface area contributed by atoms with E-state index in [1.54, 1.807) is 19.2 Å². The molecule has 1 spiro atoms. The molecule has 5 rings (SSSR count). The Balaban J connectivity index is 1.66. The molecule has 0 N–H and O–H groups in total. The SMILES string of the molecule is CCOC(=O)c1cn2c(cc1=O)-c1cc(C(C)(F)F)c(OCC3CC3)cc1CC21CCC1. The molecule has 2 heterocycles. The number of fused-ring (bicyclic) bond motifs is 4. The Bertz CT molecular complexity index is 1140. The molecular formula is C25H27F2NO4. The fraction of sp³-hybridized carbons (Fsp3) is 0.520. The van der Waals surface area contributed by atoms with Crippen molar-refractivity contribution in [3.63, 3.8) is 0 Å². The van der Waals surface area contributed by atoms with E-state index in [0.717, 1.165) is 44.6 Å². The van der Waals surface area contributed by atoms with E-state index in [4.69, 9.17) is 9.47 Å². The van der Waals surface area contributed by atoms with Crippen LogP contribution in [0.2, 0.25) is 0 Å². The molecule has 1 aromatic carbocycles. The van der Waals surface area contributed by atoms with E-state index in [1.165, 1.54) is 12.1 Å². The predicted octanol–water partition coefficient (Wildman–Crippen LogP) is 5.03. The lowest BCUT2D eigenvalue weighted by Gasteiger charge is -2.49. The number of alkyl halides is 2. The van der Waals surface area contributed by atoms with Gasteiger partial charge in [0.1, 0.15) is 11.3 Å². The normalized spacial score (nSPS) is 18.5. The van der Waals surface area contributed by atoms with Crippen molar-refractivity contribution in [3.8, 4) is 17.0 Å². The fourth-order valence-corrected chi connectivity index (χ4v) is 4.90. The van der Waals surface area contributed by atoms with E-state index < -0.39 is 17.3 Å². The molecule has 0 radical (unpaired) electrons. The van der Waals surface area contributed by atoms with Crippen LogP contribution >= 0.6 is 0 Å². The van der Waals surface area contributed by atoms with E-state index in [-0.39, 0.29) is 29.0 Å². The van der Waals surface area contributed by atoms with Gasteiger partial charge in [0.15, 0.2) is 5.43 Å². The van der Waals surface area contributed by atoms with E-state index in [2.05, 4.69) is 0 Å². The van der Waals surface area contributed by atoms with Gasteiger partial charge in [0, 0.05) is 30.3 Å². The quantitative estimate of drug-likeness (QED) is 0.588. The highest BCUT2D eigenvalue weighted by Crippen LogP contribution is 2.51. The van der Waals surface area contributed by atoms with Crippen LogP contribution in [-0.4, -0.2) is 23.8 Å². The molecule has 1 aromatic heterocycles. The van der Waals surface area contributed by atoms with Gasteiger partial charge < -0.3 is 14.0 Å². The van der Waals surface area contributed by atoms with Crippen LogP contribution in [0.3, 0.4) is 0 Å². The number of rotatable bonds is 6. The van der Waals surface area contributed by atoms with Crippen LogP contribution in [0.5, 0.6) is 5.75 Å². The average molecular weight is 443 g/mol. The molecule has 32 heavy (non-hydrogen) atoms. The van der Waals surface area contributed by atoms with Crippen LogP contribution in [0.4, 0.5) is 8.78 Å². The topological polar surface area (TPSA) is 57.5 Å². The van der Waals surface area contributed by atoms with Gasteiger partial charge in [0.25, 0.3) is 5.92 Å². The lowest BCUT2D eigenvalue weighted by molar-refractivity contribution is 0.0143. The van der Waals surface area contributed by atoms with E-state index in [1.807, 2.05) is 4.57 Å². The molecule has 0 atom stereocenters. The molecule has 2 aromatic rings. The Morgan fingerprint density at radius 1 is 1.25 bits per heavy atom. The molecule has 7 heteroatoms. The van der Waals surface area contributed by atoms with Crippen LogP contribution < -0.4 is 10.2 Å². The third kappa shape index (κ3) is 3.51. The van der Waals surface area contributed by atoms with Crippen LogP contribution in [0.15, 0.2) is 29.2 Å². The molecule has 1 aliphatic heterocycles. The maximum absolute atomic E-state index is 14.6. The van der Waals surface area contributed by atoms with Gasteiger partial charge in [-0.1, -0.05) is 0 Å². The summed E-state index contributed by atoms with van der Waals surface area (Å²) in [5, 5.41) is 0. The largest absolute Gasteiger partial charge is 0.493 e. The number of carbonyl (C=O) groups excluding carboxylic acids is 1. The first kappa shape index (κ1) is 21.2. The number of nitrogens with zero attached hydrogens (tertiary/aromatic N) is 1. The Labute approximate surface area is 185 Å². The molecule has 5 nitrogen and oxygen atoms in total. The minimum atomic E-state index is -3.09. The number of benzene rings is 1. The van der Waals surface area contributed by atoms with Crippen LogP contribution in [-0.2, 0) is 22.6 Å². The van der Waals surface area contributed by atoms with E-state index in [9.17, 15) is 18.4 Å². The molecule has 0 bridgehead atoms. The summed E-state index contributed by atoms with van der Waals surface area (Å²) in [6.45, 7) is 3.18. The van der Waals surface area contributed by atoms with Crippen molar-refractivity contribution in [1.29, 1.82) is 0 Å². The van der Waals surface area contributed by atoms with Gasteiger partial charge in [0.2, 0.25) is 0 Å². The number of halogens is 2. The van der Waals surface area contributed by atoms with Gasteiger partial charge >= 0.3 is 5.97 Å². The lowest BCUT2D eigenvalue weighted by atomic mass is 9.69. The van der Waals surface area contributed by atoms with Crippen LogP contribution in [0.1, 0.15) is 67.4 Å². The summed E-state index contributed by atoms with van der Waals surface area (Å²) in [6, 6.07) is 4.61. The monoisotopic (exact) mass is 443 g/mol. The minimum absolute atomic E-state index is 0.0178. The Morgan fingerprint density at radius 3 is 2.59 bits per heavy atom. The molecule has 0 unspecified atom stereocenters. The standard InChI is InChI=1S/C25H27F2NO4/c1-3-31-23(30)18-13-28-20(11-21(18)29)17-10-19(24(2,26)27)22(32-14-15-5-6-15)9-16(17)12-25(28)7-4-8-25/h9-11,13,15H,3-8,12,14H2,1-2H3. The molecule has 2 aliphatic carbocycles. The summed E-state index contributed by atoms with van der Waals surface area (Å²) >= 11 is 0. The van der Waals surface area contributed by atoms with Crippen molar-refractivity contribution in [3.05, 3.63) is 51.3 Å². The van der Waals surface area contributed by atoms with Crippen molar-refractivity contribution in [2.24, 2.45) is 5.92 Å². The maximum atomic E-state index is 14.6. The highest BCUT2D eigenvalue weighted by atomic mass is 19.3. The first-order valence-electron chi connectivity index (χ1n) is 11.3. The minimum Gasteiger partial charge on any atom is -0.493 e. The number of hydrogen-bond acceptors (Lipinski definition) is 4. The highest BCUT2D eigenvalue weighted by Gasteiger charge is 2.44. The summed E-state index contributed by atoms with van der Waals surface area (Å²) in [6.07, 6.45) is 7.19. The average Bonchev–Trinajstić information content (AvgIpc) is 3.53. The molecule has 0 saturated heterocycles. The van der Waals surface area contributed by atoms with Gasteiger partial charge in [-0.3, -0.25) is 4.79 Å². The third-order valence-corrected chi connectivity index (χ3v) is 6.99. The molecule has 2 saturated carbocycles. The summed E-state index contributed by atoms with van der Waals surface area (Å²) in [4.78, 5) is 25.1. The zero-order valence-corrected chi connectivity index (χ0v) is 18.4. The Hall–Kier alpha value is -2.70. The van der Waals surface area contributed by atoms with Gasteiger partial charge in [-0.15, -0.1) is 0 Å². The van der Waals surface area contributed by atoms with Crippen molar-refractivity contribution in [1.82, 2.24) is 4.57 Å². The molecule has 2 fully saturated rings. The Morgan fingerprint density at radius 2 is 2.00 bits per heavy atom. The summed E-state index contributed by atoms with van der Waals surface area (Å²) < 4.78 is 42.0. The van der Waals surface area contributed by atoms with Gasteiger partial charge in [0.05, 0.1) is 24.5 Å². The second-order valence-corrected chi connectivity index (χ2v) is 9.43. The van der Waals surface area contributed by atoms with E-state index >= 15 is 0 Å². The summed E-state index contributed by atoms with van der Waals surface area (Å²) in [5.74, 6) is -3.06. The molecular weight excluding hydrogens is 416 g/mol. The first-order chi connectivity index (χ1) is 15.2. The molecule has 3 aliphatic rings. The molecule has 170 valence electrons.